The minimum absolute atomic E-state index is 0.0130. The Balaban J connectivity index is 3.50. The molecule has 0 rings (SSSR count). The molecule has 0 fully saturated rings. The average Bonchev–Trinajstić information content (AvgIpc) is 2.10. The summed E-state index contributed by atoms with van der Waals surface area (Å²) in [6.45, 7) is 4.01. The summed E-state index contributed by atoms with van der Waals surface area (Å²) in [5, 5.41) is 8.36. The number of aliphatic hydroxyl groups is 1. The predicted molar refractivity (Wildman–Crippen MR) is 46.6 cm³/mol. The zero-order valence-corrected chi connectivity index (χ0v) is 7.62. The second-order valence-electron chi connectivity index (χ2n) is 2.59. The molecule has 1 N–H and O–H groups in total. The van der Waals surface area contributed by atoms with Crippen LogP contribution in [0.1, 0.15) is 20.3 Å². The van der Waals surface area contributed by atoms with Crippen LogP contribution in [0.4, 0.5) is 0 Å². The molecule has 0 amide bonds. The molecule has 1 atom stereocenters. The van der Waals surface area contributed by atoms with Gasteiger partial charge in [-0.3, -0.25) is 4.79 Å². The highest BCUT2D eigenvalue weighted by Crippen LogP contribution is 2.02. The first kappa shape index (κ1) is 11.2. The van der Waals surface area contributed by atoms with Crippen molar-refractivity contribution in [3.8, 4) is 0 Å². The fourth-order valence-corrected chi connectivity index (χ4v) is 0.582. The number of hydrogen-bond donors (Lipinski definition) is 1. The lowest BCUT2D eigenvalue weighted by atomic mass is 10.1. The quantitative estimate of drug-likeness (QED) is 0.499. The van der Waals surface area contributed by atoms with Crippen molar-refractivity contribution in [3.63, 3.8) is 0 Å². The van der Waals surface area contributed by atoms with E-state index < -0.39 is 0 Å². The maximum absolute atomic E-state index is 11.0. The van der Waals surface area contributed by atoms with Crippen molar-refractivity contribution in [2.24, 2.45) is 5.92 Å². The van der Waals surface area contributed by atoms with Gasteiger partial charge >= 0.3 is 5.97 Å². The smallest absolute Gasteiger partial charge is 0.308 e. The Morgan fingerprint density at radius 1 is 1.58 bits per heavy atom. The molecule has 0 radical (unpaired) electrons. The molecule has 0 aromatic carbocycles. The molecule has 3 nitrogen and oxygen atoms in total. The summed E-state index contributed by atoms with van der Waals surface area (Å²) in [7, 11) is 0. The van der Waals surface area contributed by atoms with Crippen molar-refractivity contribution in [2.75, 3.05) is 13.2 Å². The van der Waals surface area contributed by atoms with Crippen molar-refractivity contribution in [1.29, 1.82) is 0 Å². The maximum atomic E-state index is 11.0. The summed E-state index contributed by atoms with van der Waals surface area (Å²) in [6, 6.07) is 0. The van der Waals surface area contributed by atoms with E-state index in [2.05, 4.69) is 0 Å². The van der Waals surface area contributed by atoms with Gasteiger partial charge in [0.1, 0.15) is 6.61 Å². The first-order valence-corrected chi connectivity index (χ1v) is 4.14. The molecule has 0 aliphatic rings. The Labute approximate surface area is 73.0 Å². The van der Waals surface area contributed by atoms with E-state index in [1.165, 1.54) is 0 Å². The van der Waals surface area contributed by atoms with Gasteiger partial charge in [0.05, 0.1) is 12.5 Å². The van der Waals surface area contributed by atoms with Crippen LogP contribution in [-0.2, 0) is 9.53 Å². The molecule has 0 spiro atoms. The third-order valence-corrected chi connectivity index (χ3v) is 1.61. The molecule has 0 heterocycles. The van der Waals surface area contributed by atoms with Gasteiger partial charge in [-0.1, -0.05) is 19.9 Å². The molecule has 0 saturated carbocycles. The van der Waals surface area contributed by atoms with Gasteiger partial charge in [-0.15, -0.1) is 0 Å². The van der Waals surface area contributed by atoms with E-state index in [-0.39, 0.29) is 25.1 Å². The SMILES string of the molecule is CCC(C)C(=O)OCC=CCO. The summed E-state index contributed by atoms with van der Waals surface area (Å²) in [5.41, 5.74) is 0. The first-order valence-electron chi connectivity index (χ1n) is 4.14. The van der Waals surface area contributed by atoms with E-state index in [1.54, 1.807) is 12.2 Å². The topological polar surface area (TPSA) is 46.5 Å². The maximum Gasteiger partial charge on any atom is 0.308 e. The van der Waals surface area contributed by atoms with Gasteiger partial charge in [-0.2, -0.15) is 0 Å². The highest BCUT2D eigenvalue weighted by Gasteiger charge is 2.10. The van der Waals surface area contributed by atoms with Crippen molar-refractivity contribution in [2.45, 2.75) is 20.3 Å². The van der Waals surface area contributed by atoms with E-state index in [1.807, 2.05) is 13.8 Å². The van der Waals surface area contributed by atoms with Crippen molar-refractivity contribution in [1.82, 2.24) is 0 Å². The van der Waals surface area contributed by atoms with Crippen molar-refractivity contribution < 1.29 is 14.6 Å². The molecular formula is C9H16O3. The largest absolute Gasteiger partial charge is 0.461 e. The molecule has 12 heavy (non-hydrogen) atoms. The van der Waals surface area contributed by atoms with Crippen molar-refractivity contribution in [3.05, 3.63) is 12.2 Å². The minimum atomic E-state index is -0.180. The summed E-state index contributed by atoms with van der Waals surface area (Å²) >= 11 is 0. The molecule has 0 aromatic heterocycles. The number of esters is 1. The molecule has 70 valence electrons. The van der Waals surface area contributed by atoms with E-state index in [0.29, 0.717) is 0 Å². The van der Waals surface area contributed by atoms with E-state index in [9.17, 15) is 4.79 Å². The van der Waals surface area contributed by atoms with Crippen LogP contribution in [0.15, 0.2) is 12.2 Å². The second-order valence-corrected chi connectivity index (χ2v) is 2.59. The van der Waals surface area contributed by atoms with Crippen LogP contribution < -0.4 is 0 Å². The van der Waals surface area contributed by atoms with Crippen LogP contribution in [-0.4, -0.2) is 24.3 Å². The van der Waals surface area contributed by atoms with E-state index in [0.717, 1.165) is 6.42 Å². The van der Waals surface area contributed by atoms with Crippen LogP contribution in [0.3, 0.4) is 0 Å². The molecule has 3 heteroatoms. The fourth-order valence-electron chi connectivity index (χ4n) is 0.582. The Morgan fingerprint density at radius 3 is 2.75 bits per heavy atom. The molecule has 1 unspecified atom stereocenters. The van der Waals surface area contributed by atoms with Gasteiger partial charge in [-0.25, -0.2) is 0 Å². The van der Waals surface area contributed by atoms with Gasteiger partial charge in [-0.05, 0) is 12.5 Å². The Hall–Kier alpha value is -0.830. The van der Waals surface area contributed by atoms with E-state index in [4.69, 9.17) is 9.84 Å². The summed E-state index contributed by atoms with van der Waals surface area (Å²) in [4.78, 5) is 11.0. The number of ether oxygens (including phenoxy) is 1. The van der Waals surface area contributed by atoms with Gasteiger partial charge in [0.15, 0.2) is 0 Å². The molecule has 0 aliphatic heterocycles. The Bertz CT molecular complexity index is 152. The van der Waals surface area contributed by atoms with Gasteiger partial charge < -0.3 is 9.84 Å². The van der Waals surface area contributed by atoms with Crippen LogP contribution in [0.2, 0.25) is 0 Å². The normalized spacial score (nSPS) is 13.2. The molecule has 0 aliphatic carbocycles. The second kappa shape index (κ2) is 6.85. The molecule has 0 bridgehead atoms. The van der Waals surface area contributed by atoms with Crippen LogP contribution in [0.5, 0.6) is 0 Å². The average molecular weight is 172 g/mol. The number of carbonyl (C=O) groups is 1. The monoisotopic (exact) mass is 172 g/mol. The fraction of sp³-hybridized carbons (Fsp3) is 0.667. The summed E-state index contributed by atoms with van der Waals surface area (Å²) in [5.74, 6) is -0.215. The third kappa shape index (κ3) is 4.91. The van der Waals surface area contributed by atoms with Crippen LogP contribution >= 0.6 is 0 Å². The Kier molecular flexibility index (Phi) is 6.38. The van der Waals surface area contributed by atoms with Gasteiger partial charge in [0.25, 0.3) is 0 Å². The zero-order chi connectivity index (χ0) is 9.40. The third-order valence-electron chi connectivity index (χ3n) is 1.61. The van der Waals surface area contributed by atoms with Crippen LogP contribution in [0, 0.1) is 5.92 Å². The number of aliphatic hydroxyl groups excluding tert-OH is 1. The summed E-state index contributed by atoms with van der Waals surface area (Å²) < 4.78 is 4.86. The number of carbonyl (C=O) groups excluding carboxylic acids is 1. The van der Waals surface area contributed by atoms with Gasteiger partial charge in [0, 0.05) is 0 Å². The number of rotatable bonds is 5. The predicted octanol–water partition coefficient (Wildman–Crippen LogP) is 1.12. The van der Waals surface area contributed by atoms with E-state index >= 15 is 0 Å². The lowest BCUT2D eigenvalue weighted by Gasteiger charge is -2.06. The highest BCUT2D eigenvalue weighted by molar-refractivity contribution is 5.71. The Morgan fingerprint density at radius 2 is 2.25 bits per heavy atom. The number of hydrogen-bond acceptors (Lipinski definition) is 3. The van der Waals surface area contributed by atoms with Gasteiger partial charge in [0.2, 0.25) is 0 Å². The minimum Gasteiger partial charge on any atom is -0.461 e. The van der Waals surface area contributed by atoms with Crippen molar-refractivity contribution >= 4 is 5.97 Å². The molecular weight excluding hydrogens is 156 g/mol. The first-order chi connectivity index (χ1) is 5.72. The molecule has 0 aromatic rings. The summed E-state index contributed by atoms with van der Waals surface area (Å²) in [6.07, 6.45) is 3.96. The zero-order valence-electron chi connectivity index (χ0n) is 7.62. The lowest BCUT2D eigenvalue weighted by molar-refractivity contribution is -0.146. The molecule has 0 saturated heterocycles. The lowest BCUT2D eigenvalue weighted by Crippen LogP contribution is -2.13. The van der Waals surface area contributed by atoms with Crippen LogP contribution in [0.25, 0.3) is 0 Å². The standard InChI is InChI=1S/C9H16O3/c1-3-8(2)9(11)12-7-5-4-6-10/h4-5,8,10H,3,6-7H2,1-2H3. The highest BCUT2D eigenvalue weighted by atomic mass is 16.5.